The third kappa shape index (κ3) is 4.92. The lowest BCUT2D eigenvalue weighted by Crippen LogP contribution is -2.23. The highest BCUT2D eigenvalue weighted by Crippen LogP contribution is 2.35. The summed E-state index contributed by atoms with van der Waals surface area (Å²) >= 11 is 1.61. The van der Waals surface area contributed by atoms with Crippen molar-refractivity contribution in [3.05, 3.63) is 96.1 Å². The van der Waals surface area contributed by atoms with Gasteiger partial charge in [-0.25, -0.2) is 0 Å². The van der Waals surface area contributed by atoms with Gasteiger partial charge in [0.1, 0.15) is 0 Å². The number of nitrogens with zero attached hydrogens (tertiary/aromatic N) is 1. The molecule has 3 aromatic carbocycles. The smallest absolute Gasteiger partial charge is 0.234 e. The highest BCUT2D eigenvalue weighted by molar-refractivity contribution is 8.00. The second-order valence-electron chi connectivity index (χ2n) is 7.26. The summed E-state index contributed by atoms with van der Waals surface area (Å²) in [5.41, 5.74) is 3.99. The number of hydrogen-bond acceptors (Lipinski definition) is 3. The van der Waals surface area contributed by atoms with Crippen molar-refractivity contribution in [3.8, 4) is 0 Å². The molecule has 4 nitrogen and oxygen atoms in total. The van der Waals surface area contributed by atoms with Gasteiger partial charge in [-0.05, 0) is 41.8 Å². The lowest BCUT2D eigenvalue weighted by atomic mass is 10.0. The van der Waals surface area contributed by atoms with E-state index in [0.29, 0.717) is 12.2 Å². The summed E-state index contributed by atoms with van der Waals surface area (Å²) in [6.07, 6.45) is 1.51. The maximum absolute atomic E-state index is 12.6. The highest BCUT2D eigenvalue weighted by Gasteiger charge is 2.21. The first-order chi connectivity index (χ1) is 14.7. The molecule has 0 aromatic heterocycles. The van der Waals surface area contributed by atoms with Crippen LogP contribution in [-0.2, 0) is 9.59 Å². The Labute approximate surface area is 181 Å². The monoisotopic (exact) mass is 416 g/mol. The molecule has 1 N–H and O–H groups in total. The molecule has 0 aliphatic carbocycles. The minimum atomic E-state index is -0.0399. The molecular weight excluding hydrogens is 392 g/mol. The van der Waals surface area contributed by atoms with E-state index in [2.05, 4.69) is 29.6 Å². The van der Waals surface area contributed by atoms with Crippen molar-refractivity contribution in [2.24, 2.45) is 0 Å². The quantitative estimate of drug-likeness (QED) is 0.570. The van der Waals surface area contributed by atoms with Gasteiger partial charge in [0.15, 0.2) is 0 Å². The second-order valence-corrected chi connectivity index (χ2v) is 8.35. The molecule has 0 saturated carbocycles. The summed E-state index contributed by atoms with van der Waals surface area (Å²) in [5, 5.41) is 3.06. The summed E-state index contributed by atoms with van der Waals surface area (Å²) in [5.74, 6) is 0.471. The number of thioether (sulfide) groups is 1. The molecule has 1 aliphatic heterocycles. The minimum absolute atomic E-state index is 0.0399. The topological polar surface area (TPSA) is 49.4 Å². The highest BCUT2D eigenvalue weighted by atomic mass is 32.2. The Morgan fingerprint density at radius 2 is 1.50 bits per heavy atom. The molecule has 30 heavy (non-hydrogen) atoms. The van der Waals surface area contributed by atoms with Gasteiger partial charge in [-0.1, -0.05) is 60.7 Å². The van der Waals surface area contributed by atoms with Crippen LogP contribution in [0.5, 0.6) is 0 Å². The van der Waals surface area contributed by atoms with Crippen LogP contribution >= 0.6 is 11.8 Å². The molecule has 0 bridgehead atoms. The summed E-state index contributed by atoms with van der Waals surface area (Å²) in [6.45, 7) is 0.765. The Bertz CT molecular complexity index is 951. The lowest BCUT2D eigenvalue weighted by Gasteiger charge is -2.18. The van der Waals surface area contributed by atoms with Gasteiger partial charge in [-0.15, -0.1) is 11.8 Å². The molecular formula is C25H24N2O2S. The van der Waals surface area contributed by atoms with Crippen molar-refractivity contribution >= 4 is 35.0 Å². The van der Waals surface area contributed by atoms with Crippen LogP contribution in [-0.4, -0.2) is 24.1 Å². The van der Waals surface area contributed by atoms with Crippen molar-refractivity contribution in [1.29, 1.82) is 0 Å². The first-order valence-corrected chi connectivity index (χ1v) is 11.2. The number of anilines is 2. The first-order valence-electron chi connectivity index (χ1n) is 10.1. The molecule has 3 aromatic rings. The maximum atomic E-state index is 12.6. The Balaban J connectivity index is 1.38. The van der Waals surface area contributed by atoms with Gasteiger partial charge >= 0.3 is 0 Å². The van der Waals surface area contributed by atoms with Crippen LogP contribution in [0.4, 0.5) is 11.4 Å². The molecule has 1 heterocycles. The molecule has 0 atom stereocenters. The molecule has 0 radical (unpaired) electrons. The number of hydrogen-bond donors (Lipinski definition) is 1. The average molecular weight is 417 g/mol. The summed E-state index contributed by atoms with van der Waals surface area (Å²) in [7, 11) is 0. The van der Waals surface area contributed by atoms with E-state index < -0.39 is 0 Å². The molecule has 0 unspecified atom stereocenters. The number of nitrogens with one attached hydrogen (secondary N) is 1. The zero-order valence-corrected chi connectivity index (χ0v) is 17.5. The molecule has 5 heteroatoms. The third-order valence-electron chi connectivity index (χ3n) is 5.12. The van der Waals surface area contributed by atoms with Gasteiger partial charge in [0.2, 0.25) is 11.8 Å². The SMILES string of the molecule is O=C(CSC(c1ccccc1)c1ccccc1)Nc1ccc(N2CCCC2=O)cc1. The Morgan fingerprint density at radius 3 is 2.03 bits per heavy atom. The molecule has 2 amide bonds. The number of benzene rings is 3. The fraction of sp³-hybridized carbons (Fsp3) is 0.200. The zero-order valence-electron chi connectivity index (χ0n) is 16.7. The predicted octanol–water partition coefficient (Wildman–Crippen LogP) is 5.27. The summed E-state index contributed by atoms with van der Waals surface area (Å²) in [4.78, 5) is 26.2. The maximum Gasteiger partial charge on any atom is 0.234 e. The summed E-state index contributed by atoms with van der Waals surface area (Å²) in [6, 6.07) is 28.0. The normalized spacial score (nSPS) is 13.6. The van der Waals surface area contributed by atoms with E-state index in [9.17, 15) is 9.59 Å². The van der Waals surface area contributed by atoms with Crippen LogP contribution in [0.3, 0.4) is 0 Å². The number of amides is 2. The van der Waals surface area contributed by atoms with Crippen LogP contribution in [0.1, 0.15) is 29.2 Å². The molecule has 0 spiro atoms. The Kier molecular flexibility index (Phi) is 6.50. The standard InChI is InChI=1S/C25H24N2O2S/c28-23(26-21-13-15-22(16-14-21)27-17-7-12-24(27)29)18-30-25(19-8-3-1-4-9-19)20-10-5-2-6-11-20/h1-6,8-11,13-16,25H,7,12,17-18H2,(H,26,28). The number of carbonyl (C=O) groups excluding carboxylic acids is 2. The fourth-order valence-corrected chi connectivity index (χ4v) is 4.73. The lowest BCUT2D eigenvalue weighted by molar-refractivity contribution is -0.117. The van der Waals surface area contributed by atoms with E-state index in [1.165, 1.54) is 11.1 Å². The largest absolute Gasteiger partial charge is 0.325 e. The van der Waals surface area contributed by atoms with E-state index in [4.69, 9.17) is 0 Å². The van der Waals surface area contributed by atoms with Crippen LogP contribution in [0, 0.1) is 0 Å². The van der Waals surface area contributed by atoms with Gasteiger partial charge in [-0.3, -0.25) is 9.59 Å². The number of carbonyl (C=O) groups is 2. The van der Waals surface area contributed by atoms with Crippen molar-refractivity contribution in [1.82, 2.24) is 0 Å². The molecule has 1 aliphatic rings. The second kappa shape index (κ2) is 9.63. The molecule has 1 fully saturated rings. The van der Waals surface area contributed by atoms with Crippen LogP contribution in [0.15, 0.2) is 84.9 Å². The van der Waals surface area contributed by atoms with Gasteiger partial charge < -0.3 is 10.2 Å². The van der Waals surface area contributed by atoms with Crippen molar-refractivity contribution in [2.45, 2.75) is 18.1 Å². The van der Waals surface area contributed by atoms with Crippen LogP contribution in [0.25, 0.3) is 0 Å². The van der Waals surface area contributed by atoms with E-state index >= 15 is 0 Å². The van der Waals surface area contributed by atoms with E-state index in [1.54, 1.807) is 16.7 Å². The van der Waals surface area contributed by atoms with Crippen LogP contribution in [0.2, 0.25) is 0 Å². The third-order valence-corrected chi connectivity index (χ3v) is 6.43. The average Bonchev–Trinajstić information content (AvgIpc) is 3.22. The Hall–Kier alpha value is -3.05. The molecule has 1 saturated heterocycles. The minimum Gasteiger partial charge on any atom is -0.325 e. The van der Waals surface area contributed by atoms with Crippen LogP contribution < -0.4 is 10.2 Å². The summed E-state index contributed by atoms with van der Waals surface area (Å²) < 4.78 is 0. The zero-order chi connectivity index (χ0) is 20.8. The molecule has 4 rings (SSSR count). The molecule has 152 valence electrons. The van der Waals surface area contributed by atoms with Gasteiger partial charge in [0, 0.05) is 24.3 Å². The number of rotatable bonds is 7. The van der Waals surface area contributed by atoms with E-state index in [1.807, 2.05) is 60.7 Å². The first kappa shape index (κ1) is 20.2. The fourth-order valence-electron chi connectivity index (χ4n) is 3.64. The van der Waals surface area contributed by atoms with Crippen molar-refractivity contribution < 1.29 is 9.59 Å². The van der Waals surface area contributed by atoms with Crippen molar-refractivity contribution in [3.63, 3.8) is 0 Å². The van der Waals surface area contributed by atoms with Gasteiger partial charge in [-0.2, -0.15) is 0 Å². The Morgan fingerprint density at radius 1 is 0.900 bits per heavy atom. The van der Waals surface area contributed by atoms with Crippen molar-refractivity contribution in [2.75, 3.05) is 22.5 Å². The van der Waals surface area contributed by atoms with Gasteiger partial charge in [0.25, 0.3) is 0 Å². The van der Waals surface area contributed by atoms with E-state index in [-0.39, 0.29) is 17.1 Å². The van der Waals surface area contributed by atoms with E-state index in [0.717, 1.165) is 24.3 Å². The predicted molar refractivity (Wildman–Crippen MR) is 124 cm³/mol. The van der Waals surface area contributed by atoms with Gasteiger partial charge in [0.05, 0.1) is 11.0 Å².